The van der Waals surface area contributed by atoms with Crippen LogP contribution in [0.4, 0.5) is 5.69 Å². The largest absolute Gasteiger partial charge is 0.378 e. The zero-order valence-corrected chi connectivity index (χ0v) is 17.1. The van der Waals surface area contributed by atoms with Gasteiger partial charge in [0.1, 0.15) is 5.54 Å². The summed E-state index contributed by atoms with van der Waals surface area (Å²) in [6.07, 6.45) is 3.63. The van der Waals surface area contributed by atoms with E-state index in [-0.39, 0.29) is 17.9 Å². The minimum absolute atomic E-state index is 0.0185. The summed E-state index contributed by atoms with van der Waals surface area (Å²) in [5.74, 6) is -0.405. The number of rotatable bonds is 7. The van der Waals surface area contributed by atoms with Gasteiger partial charge >= 0.3 is 0 Å². The predicted molar refractivity (Wildman–Crippen MR) is 111 cm³/mol. The van der Waals surface area contributed by atoms with Crippen LogP contribution in [-0.2, 0) is 16.1 Å². The molecule has 0 radical (unpaired) electrons. The van der Waals surface area contributed by atoms with Crippen LogP contribution in [0.2, 0.25) is 0 Å². The third-order valence-corrected chi connectivity index (χ3v) is 5.82. The Morgan fingerprint density at radius 2 is 1.97 bits per heavy atom. The van der Waals surface area contributed by atoms with Crippen LogP contribution in [-0.4, -0.2) is 35.0 Å². The van der Waals surface area contributed by atoms with Crippen LogP contribution in [0.3, 0.4) is 0 Å². The number of nitrogens with one attached hydrogen (secondary N) is 2. The van der Waals surface area contributed by atoms with Crippen LogP contribution < -0.4 is 16.4 Å². The summed E-state index contributed by atoms with van der Waals surface area (Å²) >= 11 is 0. The second-order valence-corrected chi connectivity index (χ2v) is 7.91. The van der Waals surface area contributed by atoms with Gasteiger partial charge in [-0.3, -0.25) is 14.6 Å². The number of carbonyl (C=O) groups excluding carboxylic acids is 2. The molecule has 0 spiro atoms. The van der Waals surface area contributed by atoms with Crippen molar-refractivity contribution in [2.45, 2.75) is 45.4 Å². The maximum Gasteiger partial charge on any atom is 0.255 e. The van der Waals surface area contributed by atoms with Crippen molar-refractivity contribution in [2.24, 2.45) is 11.1 Å². The molecule has 2 atom stereocenters. The first-order valence-corrected chi connectivity index (χ1v) is 9.77. The Balaban J connectivity index is 1.60. The van der Waals surface area contributed by atoms with Gasteiger partial charge in [-0.1, -0.05) is 26.0 Å². The highest BCUT2D eigenvalue weighted by Gasteiger charge is 2.62. The number of nitrogens with two attached hydrogens (primary N) is 1. The Labute approximate surface area is 171 Å². The Morgan fingerprint density at radius 3 is 2.62 bits per heavy atom. The number of hydrogen-bond donors (Lipinski definition) is 3. The van der Waals surface area contributed by atoms with E-state index >= 15 is 0 Å². The lowest BCUT2D eigenvalue weighted by Gasteiger charge is -2.57. The molecule has 1 saturated carbocycles. The van der Waals surface area contributed by atoms with E-state index in [9.17, 15) is 9.59 Å². The molecule has 0 saturated heterocycles. The van der Waals surface area contributed by atoms with Crippen molar-refractivity contribution in [2.75, 3.05) is 11.9 Å². The Morgan fingerprint density at radius 1 is 1.24 bits per heavy atom. The van der Waals surface area contributed by atoms with Crippen LogP contribution >= 0.6 is 0 Å². The Kier molecular flexibility index (Phi) is 6.00. The fraction of sp³-hybridized carbons (Fsp3) is 0.409. The average molecular weight is 396 g/mol. The van der Waals surface area contributed by atoms with Gasteiger partial charge in [-0.05, 0) is 36.8 Å². The molecule has 1 aliphatic rings. The van der Waals surface area contributed by atoms with Crippen molar-refractivity contribution >= 4 is 17.5 Å². The lowest BCUT2D eigenvalue weighted by atomic mass is 9.54. The Hall–Kier alpha value is -2.77. The summed E-state index contributed by atoms with van der Waals surface area (Å²) in [6.45, 7) is 6.79. The normalized spacial score (nSPS) is 22.4. The standard InChI is InChI=1S/C22H28N4O3/c1-4-29-18-13-22(23,21(18,2)3)20(28)25-14-15-6-5-7-17(12-15)26-19(27)16-8-10-24-11-9-16/h5-12,18H,4,13-14,23H2,1-3H3,(H,25,28)(H,26,27). The molecule has 1 aromatic carbocycles. The maximum absolute atomic E-state index is 12.8. The number of carbonyl (C=O) groups is 2. The number of nitrogens with zero attached hydrogens (tertiary/aromatic N) is 1. The molecule has 29 heavy (non-hydrogen) atoms. The van der Waals surface area contributed by atoms with Crippen molar-refractivity contribution in [3.8, 4) is 0 Å². The highest BCUT2D eigenvalue weighted by molar-refractivity contribution is 6.04. The van der Waals surface area contributed by atoms with Gasteiger partial charge in [-0.15, -0.1) is 0 Å². The molecule has 1 fully saturated rings. The summed E-state index contributed by atoms with van der Waals surface area (Å²) < 4.78 is 5.69. The van der Waals surface area contributed by atoms with E-state index in [1.54, 1.807) is 30.6 Å². The second-order valence-electron chi connectivity index (χ2n) is 7.91. The molecule has 1 aliphatic carbocycles. The first-order chi connectivity index (χ1) is 13.8. The van der Waals surface area contributed by atoms with E-state index < -0.39 is 11.0 Å². The number of pyridine rings is 1. The van der Waals surface area contributed by atoms with Crippen LogP contribution in [0.1, 0.15) is 43.1 Å². The predicted octanol–water partition coefficient (Wildman–Crippen LogP) is 2.48. The second kappa shape index (κ2) is 8.31. The minimum atomic E-state index is -0.958. The van der Waals surface area contributed by atoms with Crippen LogP contribution in [0, 0.1) is 5.41 Å². The number of hydrogen-bond acceptors (Lipinski definition) is 5. The fourth-order valence-electron chi connectivity index (χ4n) is 3.63. The molecular weight excluding hydrogens is 368 g/mol. The van der Waals surface area contributed by atoms with E-state index in [1.165, 1.54) is 0 Å². The molecule has 2 unspecified atom stereocenters. The van der Waals surface area contributed by atoms with Crippen molar-refractivity contribution in [3.63, 3.8) is 0 Å². The lowest BCUT2D eigenvalue weighted by molar-refractivity contribution is -0.170. The van der Waals surface area contributed by atoms with Gasteiger partial charge in [0.05, 0.1) is 6.10 Å². The van der Waals surface area contributed by atoms with Crippen LogP contribution in [0.25, 0.3) is 0 Å². The highest BCUT2D eigenvalue weighted by atomic mass is 16.5. The molecule has 7 nitrogen and oxygen atoms in total. The topological polar surface area (TPSA) is 106 Å². The Bertz CT molecular complexity index is 885. The van der Waals surface area contributed by atoms with E-state index in [1.807, 2.05) is 39.0 Å². The molecule has 154 valence electrons. The van der Waals surface area contributed by atoms with E-state index in [0.717, 1.165) is 5.56 Å². The molecule has 1 heterocycles. The fourth-order valence-corrected chi connectivity index (χ4v) is 3.63. The van der Waals surface area contributed by atoms with E-state index in [2.05, 4.69) is 15.6 Å². The number of anilines is 1. The number of benzene rings is 1. The molecule has 3 rings (SSSR count). The molecule has 2 amide bonds. The molecule has 7 heteroatoms. The van der Waals surface area contributed by atoms with Crippen molar-refractivity contribution < 1.29 is 14.3 Å². The number of aromatic nitrogens is 1. The summed E-state index contributed by atoms with van der Waals surface area (Å²) in [7, 11) is 0. The van der Waals surface area contributed by atoms with E-state index in [0.29, 0.717) is 30.8 Å². The maximum atomic E-state index is 12.8. The highest BCUT2D eigenvalue weighted by Crippen LogP contribution is 2.49. The monoisotopic (exact) mass is 396 g/mol. The van der Waals surface area contributed by atoms with Crippen molar-refractivity contribution in [1.82, 2.24) is 10.3 Å². The van der Waals surface area contributed by atoms with Gasteiger partial charge in [-0.2, -0.15) is 0 Å². The van der Waals surface area contributed by atoms with Gasteiger partial charge < -0.3 is 21.1 Å². The number of ether oxygens (including phenoxy) is 1. The lowest BCUT2D eigenvalue weighted by Crippen LogP contribution is -2.75. The molecule has 4 N–H and O–H groups in total. The summed E-state index contributed by atoms with van der Waals surface area (Å²) in [5, 5.41) is 5.78. The van der Waals surface area contributed by atoms with E-state index in [4.69, 9.17) is 10.5 Å². The van der Waals surface area contributed by atoms with Crippen molar-refractivity contribution in [1.29, 1.82) is 0 Å². The average Bonchev–Trinajstić information content (AvgIpc) is 2.72. The van der Waals surface area contributed by atoms with Gasteiger partial charge in [-0.25, -0.2) is 0 Å². The smallest absolute Gasteiger partial charge is 0.255 e. The first kappa shape index (κ1) is 21.0. The van der Waals surface area contributed by atoms with Crippen molar-refractivity contribution in [3.05, 3.63) is 59.9 Å². The molecule has 0 aliphatic heterocycles. The van der Waals surface area contributed by atoms with Gasteiger partial charge in [0.2, 0.25) is 5.91 Å². The quantitative estimate of drug-likeness (QED) is 0.667. The molecular formula is C22H28N4O3. The summed E-state index contributed by atoms with van der Waals surface area (Å²) in [5.41, 5.74) is 7.07. The molecule has 1 aromatic heterocycles. The van der Waals surface area contributed by atoms with Crippen LogP contribution in [0.15, 0.2) is 48.8 Å². The first-order valence-electron chi connectivity index (χ1n) is 9.77. The SMILES string of the molecule is CCOC1CC(N)(C(=O)NCc2cccc(NC(=O)c3ccncc3)c2)C1(C)C. The number of amides is 2. The zero-order chi connectivity index (χ0) is 21.1. The van der Waals surface area contributed by atoms with Crippen LogP contribution in [0.5, 0.6) is 0 Å². The zero-order valence-electron chi connectivity index (χ0n) is 17.1. The third kappa shape index (κ3) is 4.16. The third-order valence-electron chi connectivity index (χ3n) is 5.82. The van der Waals surface area contributed by atoms with Gasteiger partial charge in [0, 0.05) is 48.6 Å². The summed E-state index contributed by atoms with van der Waals surface area (Å²) in [4.78, 5) is 29.0. The van der Waals surface area contributed by atoms with Gasteiger partial charge in [0.15, 0.2) is 0 Å². The summed E-state index contributed by atoms with van der Waals surface area (Å²) in [6, 6.07) is 10.7. The minimum Gasteiger partial charge on any atom is -0.378 e. The molecule has 0 bridgehead atoms. The molecule has 2 aromatic rings. The van der Waals surface area contributed by atoms with Gasteiger partial charge in [0.25, 0.3) is 5.91 Å².